The molecule has 2 N–H and O–H groups in total. The zero-order valence-electron chi connectivity index (χ0n) is 21.9. The van der Waals surface area contributed by atoms with Gasteiger partial charge in [-0.2, -0.15) is 0 Å². The van der Waals surface area contributed by atoms with Crippen molar-refractivity contribution in [2.24, 2.45) is 0 Å². The van der Waals surface area contributed by atoms with Gasteiger partial charge in [0.15, 0.2) is 6.23 Å². The number of nitrogens with zero attached hydrogens (tertiary/aromatic N) is 3. The molecule has 1 aromatic carbocycles. The molecule has 5 heterocycles. The number of aliphatic hydroxyl groups is 2. The van der Waals surface area contributed by atoms with Crippen molar-refractivity contribution in [2.45, 2.75) is 94.7 Å². The first kappa shape index (κ1) is 24.7. The predicted octanol–water partition coefficient (Wildman–Crippen LogP) is 1.66. The molecule has 10 heteroatoms. The van der Waals surface area contributed by atoms with Crippen LogP contribution in [0.3, 0.4) is 0 Å². The molecule has 0 bridgehead atoms. The summed E-state index contributed by atoms with van der Waals surface area (Å²) in [6, 6.07) is 3.78. The van der Waals surface area contributed by atoms with Crippen LogP contribution in [0.5, 0.6) is 5.75 Å². The monoisotopic (exact) mass is 513 g/mol. The van der Waals surface area contributed by atoms with Crippen LogP contribution >= 0.6 is 0 Å². The molecule has 4 saturated heterocycles. The highest BCUT2D eigenvalue weighted by Gasteiger charge is 2.71. The third-order valence-corrected chi connectivity index (χ3v) is 8.58. The van der Waals surface area contributed by atoms with Gasteiger partial charge in [0.1, 0.15) is 23.5 Å². The van der Waals surface area contributed by atoms with Gasteiger partial charge in [-0.25, -0.2) is 9.78 Å². The summed E-state index contributed by atoms with van der Waals surface area (Å²) in [5, 5.41) is 24.0. The van der Waals surface area contributed by atoms with Crippen molar-refractivity contribution in [3.63, 3.8) is 0 Å². The Morgan fingerprint density at radius 3 is 2.70 bits per heavy atom. The number of fused-ring (bicyclic) bond motifs is 6. The van der Waals surface area contributed by atoms with E-state index in [0.717, 1.165) is 16.8 Å². The van der Waals surface area contributed by atoms with E-state index in [0.29, 0.717) is 25.1 Å². The maximum atomic E-state index is 14.0. The average molecular weight is 514 g/mol. The van der Waals surface area contributed by atoms with E-state index in [9.17, 15) is 19.8 Å². The maximum Gasteiger partial charge on any atom is 0.279 e. The molecule has 4 fully saturated rings. The van der Waals surface area contributed by atoms with Crippen LogP contribution in [-0.2, 0) is 19.4 Å². The molecule has 0 aliphatic carbocycles. The molecule has 2 unspecified atom stereocenters. The Hall–Kier alpha value is -2.66. The van der Waals surface area contributed by atoms with Gasteiger partial charge in [-0.15, -0.1) is 0 Å². The summed E-state index contributed by atoms with van der Waals surface area (Å²) in [5.41, 5.74) is -0.723. The number of piperazine rings is 1. The van der Waals surface area contributed by atoms with Crippen LogP contribution in [0.25, 0.3) is 0 Å². The van der Waals surface area contributed by atoms with E-state index >= 15 is 0 Å². The normalized spacial score (nSPS) is 37.8. The van der Waals surface area contributed by atoms with Crippen LogP contribution in [0, 0.1) is 0 Å². The number of hydrogen-bond donors (Lipinski definition) is 2. The molecular weight excluding hydrogens is 478 g/mol. The fourth-order valence-corrected chi connectivity index (χ4v) is 7.13. The van der Waals surface area contributed by atoms with Crippen molar-refractivity contribution in [1.82, 2.24) is 9.80 Å². The smallest absolute Gasteiger partial charge is 0.279 e. The van der Waals surface area contributed by atoms with E-state index in [1.165, 1.54) is 9.80 Å². The van der Waals surface area contributed by atoms with Gasteiger partial charge in [0.05, 0.1) is 19.2 Å². The summed E-state index contributed by atoms with van der Waals surface area (Å²) in [5.74, 6) is -0.973. The molecule has 5 aliphatic rings. The number of methoxy groups -OCH3 is 1. The number of amides is 2. The van der Waals surface area contributed by atoms with Crippen LogP contribution in [0.2, 0.25) is 0 Å². The van der Waals surface area contributed by atoms with Gasteiger partial charge >= 0.3 is 0 Å². The summed E-state index contributed by atoms with van der Waals surface area (Å²) < 4.78 is 5.51. The topological polar surface area (TPSA) is 112 Å². The Morgan fingerprint density at radius 1 is 1.24 bits per heavy atom. The second-order valence-corrected chi connectivity index (χ2v) is 11.7. The Bertz CT molecular complexity index is 1180. The molecule has 6 rings (SSSR count). The number of ether oxygens (including phenoxy) is 1. The fourth-order valence-electron chi connectivity index (χ4n) is 7.13. The van der Waals surface area contributed by atoms with E-state index in [1.807, 2.05) is 50.8 Å². The number of anilines is 1. The van der Waals surface area contributed by atoms with Crippen LogP contribution in [0.15, 0.2) is 29.8 Å². The third-order valence-electron chi connectivity index (χ3n) is 8.58. The van der Waals surface area contributed by atoms with E-state index in [4.69, 9.17) is 14.5 Å². The van der Waals surface area contributed by atoms with E-state index in [-0.39, 0.29) is 12.3 Å². The zero-order valence-corrected chi connectivity index (χ0v) is 21.9. The lowest BCUT2D eigenvalue weighted by Gasteiger charge is -2.60. The Kier molecular flexibility index (Phi) is 5.44. The number of carbonyl (C=O) groups is 2. The molecule has 37 heavy (non-hydrogen) atoms. The van der Waals surface area contributed by atoms with E-state index < -0.39 is 53.6 Å². The number of allylic oxidation sites excluding steroid dienone is 1. The SMILES string of the molecule is COc1ccc2c(c1)N1C3C2[C@H](O)[C@@]2(O)C(=O)N4CCC[C@H]4C(=O)N2[C@H]3CC(C)(C)OO[C@@H]1C=C(C)C. The first-order chi connectivity index (χ1) is 17.5. The molecule has 1 aromatic rings. The standard InChI is InChI=1S/C27H35N3O7/c1-14(2)11-20-29-18-12-15(35-5)8-9-16(18)21-22(29)19(13-26(3,4)37-36-20)30-24(32)17-7-6-10-28(17)25(33)27(30,34)23(21)31/h8-9,11-12,17,19-23,31,34H,6-7,10,13H2,1-5H3/t17-,19-,20+,21?,22?,23-,27+/m0/s1. The van der Waals surface area contributed by atoms with Gasteiger partial charge in [-0.05, 0) is 58.2 Å². The molecule has 200 valence electrons. The van der Waals surface area contributed by atoms with Gasteiger partial charge in [0, 0.05) is 30.6 Å². The average Bonchev–Trinajstić information content (AvgIpc) is 3.46. The van der Waals surface area contributed by atoms with E-state index in [1.54, 1.807) is 13.2 Å². The molecular formula is C27H35N3O7. The number of rotatable bonds is 2. The van der Waals surface area contributed by atoms with Gasteiger partial charge < -0.3 is 24.7 Å². The number of benzene rings is 1. The van der Waals surface area contributed by atoms with Gasteiger partial charge in [-0.3, -0.25) is 14.5 Å². The van der Waals surface area contributed by atoms with Crippen molar-refractivity contribution in [3.05, 3.63) is 35.4 Å². The largest absolute Gasteiger partial charge is 0.497 e. The second-order valence-electron chi connectivity index (χ2n) is 11.7. The Labute approximate surface area is 216 Å². The van der Waals surface area contributed by atoms with Crippen molar-refractivity contribution in [2.75, 3.05) is 18.6 Å². The molecule has 10 nitrogen and oxygen atoms in total. The summed E-state index contributed by atoms with van der Waals surface area (Å²) >= 11 is 0. The highest BCUT2D eigenvalue weighted by atomic mass is 17.2. The first-order valence-electron chi connectivity index (χ1n) is 13.0. The van der Waals surface area contributed by atoms with Crippen molar-refractivity contribution in [3.8, 4) is 5.75 Å². The number of carbonyl (C=O) groups excluding carboxylic acids is 2. The van der Waals surface area contributed by atoms with Crippen molar-refractivity contribution >= 4 is 17.5 Å². The third kappa shape index (κ3) is 3.32. The lowest BCUT2D eigenvalue weighted by Crippen LogP contribution is -2.82. The number of piperidine rings is 1. The second kappa shape index (κ2) is 8.17. The van der Waals surface area contributed by atoms with Crippen LogP contribution in [-0.4, -0.2) is 87.3 Å². The molecule has 5 aliphatic heterocycles. The summed E-state index contributed by atoms with van der Waals surface area (Å²) in [7, 11) is 1.58. The van der Waals surface area contributed by atoms with Gasteiger partial charge in [0.2, 0.25) is 11.6 Å². The fraction of sp³-hybridized carbons (Fsp3) is 0.630. The van der Waals surface area contributed by atoms with Crippen molar-refractivity contribution in [1.29, 1.82) is 0 Å². The quantitative estimate of drug-likeness (QED) is 0.454. The molecule has 7 atom stereocenters. The Morgan fingerprint density at radius 2 is 2.00 bits per heavy atom. The number of aliphatic hydroxyl groups excluding tert-OH is 1. The Balaban J connectivity index is 1.60. The highest BCUT2D eigenvalue weighted by Crippen LogP contribution is 2.56. The summed E-state index contributed by atoms with van der Waals surface area (Å²) in [6.45, 7) is 8.04. The minimum Gasteiger partial charge on any atom is -0.497 e. The van der Waals surface area contributed by atoms with Crippen LogP contribution < -0.4 is 9.64 Å². The molecule has 0 spiro atoms. The van der Waals surface area contributed by atoms with Crippen LogP contribution in [0.1, 0.15) is 58.4 Å². The summed E-state index contributed by atoms with van der Waals surface area (Å²) in [4.78, 5) is 44.6. The first-order valence-corrected chi connectivity index (χ1v) is 13.0. The molecule has 0 aromatic heterocycles. The van der Waals surface area contributed by atoms with E-state index in [2.05, 4.69) is 0 Å². The molecule has 2 amide bonds. The predicted molar refractivity (Wildman–Crippen MR) is 132 cm³/mol. The summed E-state index contributed by atoms with van der Waals surface area (Å²) in [6.07, 6.45) is 1.22. The lowest BCUT2D eigenvalue weighted by molar-refractivity contribution is -0.380. The minimum absolute atomic E-state index is 0.290. The maximum absolute atomic E-state index is 14.0. The lowest BCUT2D eigenvalue weighted by atomic mass is 9.71. The van der Waals surface area contributed by atoms with Gasteiger partial charge in [0.25, 0.3) is 5.91 Å². The molecule has 0 radical (unpaired) electrons. The minimum atomic E-state index is -2.38. The highest BCUT2D eigenvalue weighted by molar-refractivity contribution is 6.00. The zero-order chi connectivity index (χ0) is 26.4. The van der Waals surface area contributed by atoms with Crippen molar-refractivity contribution < 1.29 is 34.3 Å². The number of hydrogen-bond acceptors (Lipinski definition) is 8. The van der Waals surface area contributed by atoms with Crippen LogP contribution in [0.4, 0.5) is 5.69 Å². The molecule has 0 saturated carbocycles. The van der Waals surface area contributed by atoms with Gasteiger partial charge in [-0.1, -0.05) is 11.6 Å².